The van der Waals surface area contributed by atoms with Crippen LogP contribution in [0.1, 0.15) is 5.56 Å². The topological polar surface area (TPSA) is 55.4 Å². The number of para-hydroxylation sites is 1. The Balaban J connectivity index is 2.26. The van der Waals surface area contributed by atoms with E-state index < -0.39 is 9.84 Å². The molecule has 2 rings (SSSR count). The average Bonchev–Trinajstić information content (AvgIpc) is 2.41. The van der Waals surface area contributed by atoms with E-state index in [0.717, 1.165) is 12.1 Å². The summed E-state index contributed by atoms with van der Waals surface area (Å²) in [5.41, 5.74) is 1.14. The van der Waals surface area contributed by atoms with Gasteiger partial charge in [0, 0.05) is 12.8 Å². The van der Waals surface area contributed by atoms with Crippen molar-refractivity contribution in [3.63, 3.8) is 0 Å². The predicted octanol–water partition coefficient (Wildman–Crippen LogP) is 2.60. The molecule has 106 valence electrons. The molecule has 20 heavy (non-hydrogen) atoms. The molecule has 4 nitrogen and oxygen atoms in total. The number of ether oxygens (including phenoxy) is 1. The van der Waals surface area contributed by atoms with Crippen LogP contribution >= 0.6 is 0 Å². The summed E-state index contributed by atoms with van der Waals surface area (Å²) in [5.74, 6) is 0.956. The largest absolute Gasteiger partial charge is 0.456 e. The molecule has 2 aromatic carbocycles. The lowest BCUT2D eigenvalue weighted by atomic mass is 10.2. The first-order valence-electron chi connectivity index (χ1n) is 6.21. The van der Waals surface area contributed by atoms with E-state index in [1.807, 2.05) is 31.3 Å². The summed E-state index contributed by atoms with van der Waals surface area (Å²) < 4.78 is 29.1. The number of hydrogen-bond donors (Lipinski definition) is 1. The Hall–Kier alpha value is -1.85. The average molecular weight is 291 g/mol. The molecule has 0 radical (unpaired) electrons. The van der Waals surface area contributed by atoms with E-state index in [9.17, 15) is 8.42 Å². The molecule has 5 heteroatoms. The van der Waals surface area contributed by atoms with Gasteiger partial charge in [0.2, 0.25) is 0 Å². The number of hydrogen-bond acceptors (Lipinski definition) is 4. The molecule has 1 N–H and O–H groups in total. The molecule has 0 spiro atoms. The Bertz CT molecular complexity index is 679. The number of rotatable bonds is 5. The first-order valence-corrected chi connectivity index (χ1v) is 8.10. The number of benzene rings is 2. The normalized spacial score (nSPS) is 11.3. The molecule has 0 saturated carbocycles. The summed E-state index contributed by atoms with van der Waals surface area (Å²) in [7, 11) is -1.42. The summed E-state index contributed by atoms with van der Waals surface area (Å²) in [4.78, 5) is 0.194. The van der Waals surface area contributed by atoms with Crippen LogP contribution in [0, 0.1) is 0 Å². The monoisotopic (exact) mass is 291 g/mol. The van der Waals surface area contributed by atoms with Crippen molar-refractivity contribution in [1.29, 1.82) is 0 Å². The smallest absolute Gasteiger partial charge is 0.179 e. The zero-order chi connectivity index (χ0) is 14.6. The highest BCUT2D eigenvalue weighted by Gasteiger charge is 2.14. The molecule has 0 heterocycles. The molecule has 2 aromatic rings. The number of nitrogens with one attached hydrogen (secondary N) is 1. The summed E-state index contributed by atoms with van der Waals surface area (Å²) in [6.45, 7) is 0.778. The summed E-state index contributed by atoms with van der Waals surface area (Å²) in [5, 5.41) is 3.06. The van der Waals surface area contributed by atoms with Crippen molar-refractivity contribution in [1.82, 2.24) is 5.32 Å². The predicted molar refractivity (Wildman–Crippen MR) is 78.8 cm³/mol. The highest BCUT2D eigenvalue weighted by molar-refractivity contribution is 7.90. The van der Waals surface area contributed by atoms with Gasteiger partial charge in [0.25, 0.3) is 0 Å². The first-order chi connectivity index (χ1) is 9.50. The van der Waals surface area contributed by atoms with Crippen molar-refractivity contribution in [2.75, 3.05) is 13.3 Å². The number of sulfone groups is 1. The third kappa shape index (κ3) is 3.59. The van der Waals surface area contributed by atoms with Crippen LogP contribution in [-0.2, 0) is 16.4 Å². The molecular weight excluding hydrogens is 274 g/mol. The van der Waals surface area contributed by atoms with Crippen LogP contribution in [0.4, 0.5) is 0 Å². The van der Waals surface area contributed by atoms with Gasteiger partial charge in [-0.25, -0.2) is 8.42 Å². The molecule has 0 aliphatic heterocycles. The van der Waals surface area contributed by atoms with Crippen LogP contribution in [0.3, 0.4) is 0 Å². The highest BCUT2D eigenvalue weighted by Crippen LogP contribution is 2.28. The first kappa shape index (κ1) is 14.6. The molecule has 0 aliphatic rings. The standard InChI is InChI=1S/C15H17NO3S/c1-16-11-12-7-9-13(10-8-12)19-14-5-3-4-6-15(14)20(2,17)18/h3-10,16H,11H2,1-2H3. The third-order valence-electron chi connectivity index (χ3n) is 2.78. The SMILES string of the molecule is CNCc1ccc(Oc2ccccc2S(C)(=O)=O)cc1. The van der Waals surface area contributed by atoms with E-state index in [4.69, 9.17) is 4.74 Å². The van der Waals surface area contributed by atoms with Gasteiger partial charge in [-0.3, -0.25) is 0 Å². The second-order valence-electron chi connectivity index (χ2n) is 4.50. The second-order valence-corrected chi connectivity index (χ2v) is 6.48. The van der Waals surface area contributed by atoms with Gasteiger partial charge in [-0.15, -0.1) is 0 Å². The molecule has 0 aliphatic carbocycles. The van der Waals surface area contributed by atoms with Crippen LogP contribution in [0.15, 0.2) is 53.4 Å². The fourth-order valence-corrected chi connectivity index (χ4v) is 2.65. The fourth-order valence-electron chi connectivity index (χ4n) is 1.85. The molecule has 0 fully saturated rings. The lowest BCUT2D eigenvalue weighted by Crippen LogP contribution is -2.04. The maximum Gasteiger partial charge on any atom is 0.179 e. The van der Waals surface area contributed by atoms with Gasteiger partial charge in [0.1, 0.15) is 16.4 Å². The van der Waals surface area contributed by atoms with Crippen molar-refractivity contribution in [3.05, 3.63) is 54.1 Å². The molecule has 0 amide bonds. The van der Waals surface area contributed by atoms with Crippen LogP contribution in [0.25, 0.3) is 0 Å². The molecule has 0 bridgehead atoms. The van der Waals surface area contributed by atoms with E-state index in [1.54, 1.807) is 24.3 Å². The molecular formula is C15H17NO3S. The van der Waals surface area contributed by atoms with Gasteiger partial charge < -0.3 is 10.1 Å². The van der Waals surface area contributed by atoms with Gasteiger partial charge in [0.05, 0.1) is 0 Å². The highest BCUT2D eigenvalue weighted by atomic mass is 32.2. The Kier molecular flexibility index (Phi) is 4.42. The van der Waals surface area contributed by atoms with Crippen molar-refractivity contribution < 1.29 is 13.2 Å². The van der Waals surface area contributed by atoms with E-state index >= 15 is 0 Å². The van der Waals surface area contributed by atoms with Crippen molar-refractivity contribution in [2.45, 2.75) is 11.4 Å². The van der Waals surface area contributed by atoms with Gasteiger partial charge >= 0.3 is 0 Å². The second kappa shape index (κ2) is 6.07. The van der Waals surface area contributed by atoms with Gasteiger partial charge in [-0.2, -0.15) is 0 Å². The lowest BCUT2D eigenvalue weighted by molar-refractivity contribution is 0.467. The Morgan fingerprint density at radius 1 is 1.05 bits per heavy atom. The van der Waals surface area contributed by atoms with Crippen LogP contribution in [0.2, 0.25) is 0 Å². The van der Waals surface area contributed by atoms with Crippen LogP contribution in [0.5, 0.6) is 11.5 Å². The maximum atomic E-state index is 11.7. The Labute approximate surface area is 119 Å². The summed E-state index contributed by atoms with van der Waals surface area (Å²) in [6, 6.07) is 14.2. The molecule has 0 atom stereocenters. The van der Waals surface area contributed by atoms with Gasteiger partial charge in [-0.1, -0.05) is 24.3 Å². The zero-order valence-corrected chi connectivity index (χ0v) is 12.3. The summed E-state index contributed by atoms with van der Waals surface area (Å²) >= 11 is 0. The van der Waals surface area contributed by atoms with Crippen LogP contribution < -0.4 is 10.1 Å². The lowest BCUT2D eigenvalue weighted by Gasteiger charge is -2.10. The minimum Gasteiger partial charge on any atom is -0.456 e. The van der Waals surface area contributed by atoms with Gasteiger partial charge in [0.15, 0.2) is 9.84 Å². The summed E-state index contributed by atoms with van der Waals surface area (Å²) in [6.07, 6.45) is 1.17. The van der Waals surface area contributed by atoms with Crippen LogP contribution in [-0.4, -0.2) is 21.7 Å². The van der Waals surface area contributed by atoms with Crippen molar-refractivity contribution in [2.24, 2.45) is 0 Å². The molecule has 0 unspecified atom stereocenters. The quantitative estimate of drug-likeness (QED) is 0.920. The van der Waals surface area contributed by atoms with Gasteiger partial charge in [-0.05, 0) is 36.9 Å². The van der Waals surface area contributed by atoms with E-state index in [2.05, 4.69) is 5.32 Å². The van der Waals surface area contributed by atoms with E-state index in [1.165, 1.54) is 6.26 Å². The van der Waals surface area contributed by atoms with E-state index in [0.29, 0.717) is 11.5 Å². The van der Waals surface area contributed by atoms with E-state index in [-0.39, 0.29) is 4.90 Å². The zero-order valence-electron chi connectivity index (χ0n) is 11.5. The third-order valence-corrected chi connectivity index (χ3v) is 3.92. The molecule has 0 aromatic heterocycles. The minimum atomic E-state index is -3.31. The Morgan fingerprint density at radius 3 is 2.30 bits per heavy atom. The maximum absolute atomic E-state index is 11.7. The fraction of sp³-hybridized carbons (Fsp3) is 0.200. The minimum absolute atomic E-state index is 0.194. The van der Waals surface area contributed by atoms with Crippen molar-refractivity contribution >= 4 is 9.84 Å². The molecule has 0 saturated heterocycles. The van der Waals surface area contributed by atoms with Crippen molar-refractivity contribution in [3.8, 4) is 11.5 Å². The Morgan fingerprint density at radius 2 is 1.70 bits per heavy atom.